The number of hydrogen-bond donors (Lipinski definition) is 2. The number of anilines is 1. The standard InChI is InChI=1S/C21H23NO5/c1-14(21(25)26)16-5-3-6-17(13-16)22-20(24)8-4-7-19(23)15-9-11-18(27-2)12-10-15/h3,5-6,9-14H,4,7-8H2,1-2H3,(H,22,24)(H,25,26). The maximum Gasteiger partial charge on any atom is 0.310 e. The summed E-state index contributed by atoms with van der Waals surface area (Å²) >= 11 is 0. The van der Waals surface area contributed by atoms with Crippen LogP contribution in [-0.4, -0.2) is 29.9 Å². The van der Waals surface area contributed by atoms with Crippen LogP contribution in [0.2, 0.25) is 0 Å². The zero-order valence-corrected chi connectivity index (χ0v) is 15.4. The minimum absolute atomic E-state index is 0.0252. The highest BCUT2D eigenvalue weighted by molar-refractivity contribution is 5.97. The number of methoxy groups -OCH3 is 1. The van der Waals surface area contributed by atoms with Crippen molar-refractivity contribution in [1.29, 1.82) is 0 Å². The fourth-order valence-electron chi connectivity index (χ4n) is 2.58. The van der Waals surface area contributed by atoms with Crippen LogP contribution in [0.1, 0.15) is 48.0 Å². The van der Waals surface area contributed by atoms with Gasteiger partial charge in [-0.1, -0.05) is 12.1 Å². The second-order valence-electron chi connectivity index (χ2n) is 6.24. The first-order chi connectivity index (χ1) is 12.9. The molecule has 0 saturated heterocycles. The molecule has 6 heteroatoms. The SMILES string of the molecule is COc1ccc(C(=O)CCCC(=O)Nc2cccc(C(C)C(=O)O)c2)cc1. The predicted octanol–water partition coefficient (Wildman–Crippen LogP) is 3.88. The summed E-state index contributed by atoms with van der Waals surface area (Å²) in [6, 6.07) is 13.6. The Labute approximate surface area is 158 Å². The van der Waals surface area contributed by atoms with Crippen molar-refractivity contribution in [1.82, 2.24) is 0 Å². The number of ether oxygens (including phenoxy) is 1. The van der Waals surface area contributed by atoms with Gasteiger partial charge in [0.1, 0.15) is 5.75 Å². The highest BCUT2D eigenvalue weighted by atomic mass is 16.5. The minimum Gasteiger partial charge on any atom is -0.497 e. The van der Waals surface area contributed by atoms with Crippen LogP contribution in [0.5, 0.6) is 5.75 Å². The normalized spacial score (nSPS) is 11.5. The topological polar surface area (TPSA) is 92.7 Å². The molecule has 0 spiro atoms. The van der Waals surface area contributed by atoms with Gasteiger partial charge in [-0.3, -0.25) is 14.4 Å². The number of carboxylic acid groups (broad SMARTS) is 1. The van der Waals surface area contributed by atoms with Crippen molar-refractivity contribution >= 4 is 23.3 Å². The Morgan fingerprint density at radius 1 is 1.07 bits per heavy atom. The van der Waals surface area contributed by atoms with Crippen LogP contribution in [-0.2, 0) is 9.59 Å². The van der Waals surface area contributed by atoms with E-state index in [9.17, 15) is 14.4 Å². The molecule has 2 rings (SSSR count). The molecule has 0 aromatic heterocycles. The number of ketones is 1. The van der Waals surface area contributed by atoms with Crippen LogP contribution in [0.15, 0.2) is 48.5 Å². The van der Waals surface area contributed by atoms with E-state index in [-0.39, 0.29) is 24.5 Å². The number of rotatable bonds is 9. The van der Waals surface area contributed by atoms with E-state index in [1.54, 1.807) is 62.6 Å². The number of carbonyl (C=O) groups is 3. The van der Waals surface area contributed by atoms with E-state index >= 15 is 0 Å². The predicted molar refractivity (Wildman–Crippen MR) is 102 cm³/mol. The monoisotopic (exact) mass is 369 g/mol. The van der Waals surface area contributed by atoms with Crippen molar-refractivity contribution in [3.63, 3.8) is 0 Å². The van der Waals surface area contributed by atoms with E-state index in [1.807, 2.05) is 0 Å². The molecule has 0 radical (unpaired) electrons. The van der Waals surface area contributed by atoms with Crippen molar-refractivity contribution in [2.75, 3.05) is 12.4 Å². The second-order valence-corrected chi connectivity index (χ2v) is 6.24. The number of hydrogen-bond acceptors (Lipinski definition) is 4. The summed E-state index contributed by atoms with van der Waals surface area (Å²) < 4.78 is 5.06. The molecule has 0 saturated carbocycles. The van der Waals surface area contributed by atoms with E-state index in [0.29, 0.717) is 29.0 Å². The average molecular weight is 369 g/mol. The molecule has 6 nitrogen and oxygen atoms in total. The lowest BCUT2D eigenvalue weighted by atomic mass is 10.0. The van der Waals surface area contributed by atoms with Gasteiger partial charge in [0.25, 0.3) is 0 Å². The zero-order chi connectivity index (χ0) is 19.8. The van der Waals surface area contributed by atoms with Crippen LogP contribution in [0.25, 0.3) is 0 Å². The summed E-state index contributed by atoms with van der Waals surface area (Å²) in [5.74, 6) is -1.12. The third-order valence-electron chi connectivity index (χ3n) is 4.26. The molecular formula is C21H23NO5. The lowest BCUT2D eigenvalue weighted by Crippen LogP contribution is -2.13. The first-order valence-electron chi connectivity index (χ1n) is 8.70. The van der Waals surface area contributed by atoms with Crippen LogP contribution < -0.4 is 10.1 Å². The molecule has 2 N–H and O–H groups in total. The Bertz CT molecular complexity index is 814. The molecule has 1 atom stereocenters. The smallest absolute Gasteiger partial charge is 0.310 e. The Hall–Kier alpha value is -3.15. The Morgan fingerprint density at radius 2 is 1.78 bits per heavy atom. The lowest BCUT2D eigenvalue weighted by molar-refractivity contribution is -0.138. The quantitative estimate of drug-likeness (QED) is 0.655. The van der Waals surface area contributed by atoms with Gasteiger partial charge >= 0.3 is 5.97 Å². The number of benzene rings is 2. The maximum atomic E-state index is 12.1. The highest BCUT2D eigenvalue weighted by Gasteiger charge is 2.14. The van der Waals surface area contributed by atoms with Crippen molar-refractivity contribution in [3.05, 3.63) is 59.7 Å². The second kappa shape index (κ2) is 9.52. The number of nitrogens with one attached hydrogen (secondary N) is 1. The van der Waals surface area contributed by atoms with E-state index < -0.39 is 11.9 Å². The lowest BCUT2D eigenvalue weighted by Gasteiger charge is -2.10. The molecule has 1 amide bonds. The van der Waals surface area contributed by atoms with Gasteiger partial charge in [0.2, 0.25) is 5.91 Å². The van der Waals surface area contributed by atoms with Gasteiger partial charge in [0, 0.05) is 24.1 Å². The summed E-state index contributed by atoms with van der Waals surface area (Å²) in [6.45, 7) is 1.59. The van der Waals surface area contributed by atoms with Crippen molar-refractivity contribution in [2.45, 2.75) is 32.1 Å². The largest absolute Gasteiger partial charge is 0.497 e. The molecule has 2 aromatic rings. The van der Waals surface area contributed by atoms with Crippen LogP contribution >= 0.6 is 0 Å². The van der Waals surface area contributed by atoms with E-state index in [1.165, 1.54) is 0 Å². The van der Waals surface area contributed by atoms with E-state index in [0.717, 1.165) is 0 Å². The third-order valence-corrected chi connectivity index (χ3v) is 4.26. The first kappa shape index (κ1) is 20.2. The summed E-state index contributed by atoms with van der Waals surface area (Å²) in [5.41, 5.74) is 1.76. The van der Waals surface area contributed by atoms with Gasteiger partial charge in [-0.05, 0) is 55.3 Å². The molecule has 0 aliphatic rings. The fraction of sp³-hybridized carbons (Fsp3) is 0.286. The molecule has 0 heterocycles. The fourth-order valence-corrected chi connectivity index (χ4v) is 2.58. The molecule has 27 heavy (non-hydrogen) atoms. The minimum atomic E-state index is -0.921. The molecule has 0 fully saturated rings. The van der Waals surface area contributed by atoms with Crippen LogP contribution in [0.4, 0.5) is 5.69 Å². The van der Waals surface area contributed by atoms with Gasteiger partial charge in [-0.15, -0.1) is 0 Å². The Kier molecular flexibility index (Phi) is 7.11. The van der Waals surface area contributed by atoms with Crippen LogP contribution in [0.3, 0.4) is 0 Å². The maximum absolute atomic E-state index is 12.1. The molecule has 0 bridgehead atoms. The van der Waals surface area contributed by atoms with Gasteiger partial charge in [-0.2, -0.15) is 0 Å². The van der Waals surface area contributed by atoms with E-state index in [4.69, 9.17) is 9.84 Å². The summed E-state index contributed by atoms with van der Waals surface area (Å²) in [5, 5.41) is 11.8. The third kappa shape index (κ3) is 5.95. The molecule has 0 aliphatic carbocycles. The molecule has 1 unspecified atom stereocenters. The van der Waals surface area contributed by atoms with Crippen molar-refractivity contribution < 1.29 is 24.2 Å². The van der Waals surface area contributed by atoms with Crippen LogP contribution in [0, 0.1) is 0 Å². The number of carboxylic acids is 1. The Morgan fingerprint density at radius 3 is 2.41 bits per heavy atom. The summed E-state index contributed by atoms with van der Waals surface area (Å²) in [6.07, 6.45) is 0.915. The van der Waals surface area contributed by atoms with E-state index in [2.05, 4.69) is 5.32 Å². The molecule has 0 aliphatic heterocycles. The number of Topliss-reactive ketones (excluding diaryl/α,β-unsaturated/α-hetero) is 1. The number of aliphatic carboxylic acids is 1. The highest BCUT2D eigenvalue weighted by Crippen LogP contribution is 2.20. The van der Waals surface area contributed by atoms with Gasteiger partial charge in [0.15, 0.2) is 5.78 Å². The zero-order valence-electron chi connectivity index (χ0n) is 15.4. The average Bonchev–Trinajstić information content (AvgIpc) is 2.67. The summed E-state index contributed by atoms with van der Waals surface area (Å²) in [4.78, 5) is 35.3. The Balaban J connectivity index is 1.83. The van der Waals surface area contributed by atoms with Crippen molar-refractivity contribution in [2.24, 2.45) is 0 Å². The molecular weight excluding hydrogens is 346 g/mol. The number of amides is 1. The van der Waals surface area contributed by atoms with Gasteiger partial charge in [-0.25, -0.2) is 0 Å². The number of carbonyl (C=O) groups excluding carboxylic acids is 2. The summed E-state index contributed by atoms with van der Waals surface area (Å²) in [7, 11) is 1.56. The first-order valence-corrected chi connectivity index (χ1v) is 8.70. The van der Waals surface area contributed by atoms with Crippen molar-refractivity contribution in [3.8, 4) is 5.75 Å². The van der Waals surface area contributed by atoms with Gasteiger partial charge < -0.3 is 15.2 Å². The molecule has 142 valence electrons. The van der Waals surface area contributed by atoms with Gasteiger partial charge in [0.05, 0.1) is 13.0 Å². The molecule has 2 aromatic carbocycles.